The molecule has 3 rings (SSSR count). The van der Waals surface area contributed by atoms with Crippen LogP contribution in [0.5, 0.6) is 0 Å². The molecular formula is C18H25FN2O2S. The molecular weight excluding hydrogens is 327 g/mol. The highest BCUT2D eigenvalue weighted by Crippen LogP contribution is 2.50. The Balaban J connectivity index is 1.52. The summed E-state index contributed by atoms with van der Waals surface area (Å²) >= 11 is 0. The van der Waals surface area contributed by atoms with E-state index in [0.717, 1.165) is 25.7 Å². The van der Waals surface area contributed by atoms with Crippen LogP contribution in [0.4, 0.5) is 4.39 Å². The van der Waals surface area contributed by atoms with Gasteiger partial charge in [0, 0.05) is 30.6 Å². The first-order chi connectivity index (χ1) is 11.4. The smallest absolute Gasteiger partial charge is 0.246 e. The van der Waals surface area contributed by atoms with Crippen molar-refractivity contribution in [3.05, 3.63) is 42.7 Å². The van der Waals surface area contributed by atoms with E-state index < -0.39 is 15.8 Å². The van der Waals surface area contributed by atoms with Gasteiger partial charge in [0.05, 0.1) is 0 Å². The second kappa shape index (κ2) is 6.58. The Bertz CT molecular complexity index is 705. The molecule has 0 aromatic heterocycles. The maximum atomic E-state index is 13.8. The molecule has 0 bridgehead atoms. The molecule has 24 heavy (non-hydrogen) atoms. The summed E-state index contributed by atoms with van der Waals surface area (Å²) in [6, 6.07) is 6.49. The second-order valence-corrected chi connectivity index (χ2v) is 9.15. The predicted molar refractivity (Wildman–Crippen MR) is 92.6 cm³/mol. The van der Waals surface area contributed by atoms with Crippen molar-refractivity contribution in [3.63, 3.8) is 0 Å². The number of allylic oxidation sites excluding steroid dienone is 1. The molecule has 1 spiro atoms. The molecule has 1 saturated carbocycles. The predicted octanol–water partition coefficient (Wildman–Crippen LogP) is 2.92. The van der Waals surface area contributed by atoms with Gasteiger partial charge in [0.25, 0.3) is 0 Å². The van der Waals surface area contributed by atoms with Crippen LogP contribution in [0.1, 0.15) is 32.6 Å². The average Bonchev–Trinajstić information content (AvgIpc) is 2.46. The first-order valence-electron chi connectivity index (χ1n) is 8.48. The molecule has 132 valence electrons. The Morgan fingerprint density at radius 3 is 2.71 bits per heavy atom. The molecule has 1 aliphatic carbocycles. The standard InChI is InChI=1S/C18H25FN2O2S/c1-3-4-7-14(2)20-15-10-18(11-15)12-21(13-18)24(22,23)17-9-6-5-8-16(17)19/h3,5-6,8-9,14-15,20H,1,4,7,10-13H2,2H3. The molecule has 1 aliphatic heterocycles. The molecule has 1 N–H and O–H groups in total. The van der Waals surface area contributed by atoms with Gasteiger partial charge in [-0.2, -0.15) is 4.31 Å². The van der Waals surface area contributed by atoms with Gasteiger partial charge in [0.15, 0.2) is 0 Å². The number of benzene rings is 1. The zero-order chi connectivity index (χ0) is 17.4. The number of hydrogen-bond donors (Lipinski definition) is 1. The van der Waals surface area contributed by atoms with Gasteiger partial charge in [0.1, 0.15) is 10.7 Å². The van der Waals surface area contributed by atoms with Crippen molar-refractivity contribution in [2.45, 2.75) is 49.6 Å². The van der Waals surface area contributed by atoms with E-state index in [2.05, 4.69) is 18.8 Å². The highest BCUT2D eigenvalue weighted by atomic mass is 32.2. The van der Waals surface area contributed by atoms with Gasteiger partial charge in [-0.1, -0.05) is 18.2 Å². The fourth-order valence-electron chi connectivity index (χ4n) is 3.88. The Labute approximate surface area is 143 Å². The van der Waals surface area contributed by atoms with Crippen LogP contribution < -0.4 is 5.32 Å². The lowest BCUT2D eigenvalue weighted by Gasteiger charge is -2.58. The van der Waals surface area contributed by atoms with Crippen molar-refractivity contribution < 1.29 is 12.8 Å². The first kappa shape index (κ1) is 17.6. The third-order valence-corrected chi connectivity index (χ3v) is 6.99. The summed E-state index contributed by atoms with van der Waals surface area (Å²) in [6.45, 7) is 6.91. The Morgan fingerprint density at radius 1 is 1.42 bits per heavy atom. The average molecular weight is 352 g/mol. The van der Waals surface area contributed by atoms with E-state index in [9.17, 15) is 12.8 Å². The molecule has 1 atom stereocenters. The number of hydrogen-bond acceptors (Lipinski definition) is 3. The van der Waals surface area contributed by atoms with Crippen molar-refractivity contribution in [2.75, 3.05) is 13.1 Å². The van der Waals surface area contributed by atoms with Gasteiger partial charge in [-0.25, -0.2) is 12.8 Å². The van der Waals surface area contributed by atoms with Crippen LogP contribution in [0.2, 0.25) is 0 Å². The van der Waals surface area contributed by atoms with Crippen molar-refractivity contribution in [1.29, 1.82) is 0 Å². The van der Waals surface area contributed by atoms with Crippen LogP contribution in [0.3, 0.4) is 0 Å². The molecule has 0 radical (unpaired) electrons. The number of nitrogens with zero attached hydrogens (tertiary/aromatic N) is 1. The fourth-order valence-corrected chi connectivity index (χ4v) is 5.61. The summed E-state index contributed by atoms with van der Waals surface area (Å²) in [7, 11) is -3.71. The molecule has 4 nitrogen and oxygen atoms in total. The van der Waals surface area contributed by atoms with E-state index in [-0.39, 0.29) is 10.3 Å². The van der Waals surface area contributed by atoms with Crippen LogP contribution in [-0.2, 0) is 10.0 Å². The number of nitrogens with one attached hydrogen (secondary N) is 1. The normalized spacial score (nSPS) is 21.9. The zero-order valence-electron chi connectivity index (χ0n) is 14.0. The summed E-state index contributed by atoms with van der Waals surface area (Å²) in [5.74, 6) is -0.678. The van der Waals surface area contributed by atoms with Crippen LogP contribution in [0.15, 0.2) is 41.8 Å². The highest BCUT2D eigenvalue weighted by Gasteiger charge is 2.55. The molecule has 1 unspecified atom stereocenters. The third-order valence-electron chi connectivity index (χ3n) is 5.16. The molecule has 2 aliphatic rings. The summed E-state index contributed by atoms with van der Waals surface area (Å²) in [5.41, 5.74) is 0.0914. The van der Waals surface area contributed by atoms with Gasteiger partial charge >= 0.3 is 0 Å². The lowest BCUT2D eigenvalue weighted by Crippen LogP contribution is -2.67. The highest BCUT2D eigenvalue weighted by molar-refractivity contribution is 7.89. The van der Waals surface area contributed by atoms with Crippen LogP contribution in [-0.4, -0.2) is 37.9 Å². The Hall–Kier alpha value is -1.24. The molecule has 1 aromatic carbocycles. The van der Waals surface area contributed by atoms with Gasteiger partial charge < -0.3 is 5.32 Å². The van der Waals surface area contributed by atoms with Gasteiger partial charge in [-0.15, -0.1) is 6.58 Å². The van der Waals surface area contributed by atoms with Crippen molar-refractivity contribution >= 4 is 10.0 Å². The van der Waals surface area contributed by atoms with Crippen molar-refractivity contribution in [3.8, 4) is 0 Å². The van der Waals surface area contributed by atoms with Crippen molar-refractivity contribution in [1.82, 2.24) is 9.62 Å². The fraction of sp³-hybridized carbons (Fsp3) is 0.556. The molecule has 0 amide bonds. The molecule has 1 aromatic rings. The SMILES string of the molecule is C=CCCC(C)NC1CC2(C1)CN(S(=O)(=O)c1ccccc1F)C2. The topological polar surface area (TPSA) is 49.4 Å². The third kappa shape index (κ3) is 3.27. The largest absolute Gasteiger partial charge is 0.311 e. The quantitative estimate of drug-likeness (QED) is 0.768. The van der Waals surface area contributed by atoms with Gasteiger partial charge in [-0.3, -0.25) is 0 Å². The zero-order valence-corrected chi connectivity index (χ0v) is 14.9. The van der Waals surface area contributed by atoms with E-state index in [1.54, 1.807) is 6.07 Å². The second-order valence-electron chi connectivity index (χ2n) is 7.24. The Kier molecular flexibility index (Phi) is 4.82. The van der Waals surface area contributed by atoms with E-state index in [0.29, 0.717) is 25.2 Å². The lowest BCUT2D eigenvalue weighted by atomic mass is 9.61. The van der Waals surface area contributed by atoms with E-state index >= 15 is 0 Å². The maximum Gasteiger partial charge on any atom is 0.246 e. The minimum atomic E-state index is -3.71. The number of halogens is 1. The summed E-state index contributed by atoms with van der Waals surface area (Å²) in [5, 5.41) is 3.59. The van der Waals surface area contributed by atoms with Crippen LogP contribution in [0.25, 0.3) is 0 Å². The molecule has 1 heterocycles. The first-order valence-corrected chi connectivity index (χ1v) is 9.92. The minimum Gasteiger partial charge on any atom is -0.311 e. The Morgan fingerprint density at radius 2 is 2.08 bits per heavy atom. The monoisotopic (exact) mass is 352 g/mol. The van der Waals surface area contributed by atoms with Crippen LogP contribution in [0, 0.1) is 11.2 Å². The number of sulfonamides is 1. The van der Waals surface area contributed by atoms with E-state index in [1.807, 2.05) is 6.08 Å². The summed E-state index contributed by atoms with van der Waals surface area (Å²) in [6.07, 6.45) is 5.99. The van der Waals surface area contributed by atoms with Gasteiger partial charge in [0.2, 0.25) is 10.0 Å². The number of rotatable bonds is 7. The molecule has 2 fully saturated rings. The van der Waals surface area contributed by atoms with E-state index in [4.69, 9.17) is 0 Å². The van der Waals surface area contributed by atoms with Gasteiger partial charge in [-0.05, 0) is 44.7 Å². The molecule has 6 heteroatoms. The lowest BCUT2D eigenvalue weighted by molar-refractivity contribution is -0.0365. The molecule has 1 saturated heterocycles. The summed E-state index contributed by atoms with van der Waals surface area (Å²) < 4.78 is 40.2. The van der Waals surface area contributed by atoms with Crippen molar-refractivity contribution in [2.24, 2.45) is 5.41 Å². The van der Waals surface area contributed by atoms with E-state index in [1.165, 1.54) is 22.5 Å². The minimum absolute atomic E-state index is 0.0914. The maximum absolute atomic E-state index is 13.8. The summed E-state index contributed by atoms with van der Waals surface area (Å²) in [4.78, 5) is -0.216. The van der Waals surface area contributed by atoms with Crippen LogP contribution >= 0.6 is 0 Å².